The van der Waals surface area contributed by atoms with Gasteiger partial charge in [-0.3, -0.25) is 0 Å². The van der Waals surface area contributed by atoms with Crippen molar-refractivity contribution in [1.29, 1.82) is 0 Å². The number of alkyl halides is 2. The largest absolute Gasteiger partial charge is 0.462 e. The van der Waals surface area contributed by atoms with Crippen molar-refractivity contribution in [3.63, 3.8) is 0 Å². The van der Waals surface area contributed by atoms with Gasteiger partial charge in [0, 0.05) is 7.05 Å². The first-order valence-corrected chi connectivity index (χ1v) is 5.52. The third kappa shape index (κ3) is 3.32. The van der Waals surface area contributed by atoms with Gasteiger partial charge in [0.25, 0.3) is 6.43 Å². The third-order valence-corrected chi connectivity index (χ3v) is 2.36. The van der Waals surface area contributed by atoms with Crippen LogP contribution in [0, 0.1) is 0 Å². The van der Waals surface area contributed by atoms with Crippen LogP contribution in [0.25, 0.3) is 0 Å². The molecule has 100 valence electrons. The fourth-order valence-corrected chi connectivity index (χ4v) is 1.66. The van der Waals surface area contributed by atoms with Gasteiger partial charge in [-0.25, -0.2) is 13.6 Å². The van der Waals surface area contributed by atoms with Crippen molar-refractivity contribution < 1.29 is 18.3 Å². The van der Waals surface area contributed by atoms with Gasteiger partial charge in [0.15, 0.2) is 0 Å². The molecule has 0 aromatic heterocycles. The Morgan fingerprint density at radius 2 is 2.17 bits per heavy atom. The number of carbonyl (C=O) groups excluding carboxylic acids is 1. The summed E-state index contributed by atoms with van der Waals surface area (Å²) in [6.45, 7) is 1.39. The molecule has 2 N–H and O–H groups in total. The Labute approximate surface area is 104 Å². The molecule has 0 spiro atoms. The van der Waals surface area contributed by atoms with Crippen LogP contribution in [-0.2, 0) is 4.74 Å². The number of nitrogens with two attached hydrogens (primary N) is 1. The summed E-state index contributed by atoms with van der Waals surface area (Å²) < 4.78 is 29.6. The van der Waals surface area contributed by atoms with Crippen LogP contribution in [0.5, 0.6) is 0 Å². The molecule has 0 aliphatic heterocycles. The maximum Gasteiger partial charge on any atom is 0.340 e. The summed E-state index contributed by atoms with van der Waals surface area (Å²) in [6, 6.07) is 4.65. The molecule has 0 radical (unpaired) electrons. The highest BCUT2D eigenvalue weighted by Crippen LogP contribution is 2.28. The van der Waals surface area contributed by atoms with E-state index < -0.39 is 18.9 Å². The highest BCUT2D eigenvalue weighted by Gasteiger charge is 2.19. The number of nitrogens with zero attached hydrogens (tertiary/aromatic N) is 1. The van der Waals surface area contributed by atoms with Gasteiger partial charge in [0.2, 0.25) is 0 Å². The van der Waals surface area contributed by atoms with Gasteiger partial charge in [0.1, 0.15) is 0 Å². The normalized spacial score (nSPS) is 10.5. The second kappa shape index (κ2) is 6.18. The number of hydrogen-bond acceptors (Lipinski definition) is 4. The Morgan fingerprint density at radius 1 is 1.50 bits per heavy atom. The second-order valence-corrected chi connectivity index (χ2v) is 3.74. The maximum absolute atomic E-state index is 12.4. The molecule has 0 unspecified atom stereocenters. The molecule has 18 heavy (non-hydrogen) atoms. The molecule has 1 aromatic rings. The van der Waals surface area contributed by atoms with Gasteiger partial charge in [-0.1, -0.05) is 6.07 Å². The Morgan fingerprint density at radius 3 is 2.72 bits per heavy atom. The van der Waals surface area contributed by atoms with Gasteiger partial charge in [-0.05, 0) is 19.1 Å². The van der Waals surface area contributed by atoms with E-state index in [4.69, 9.17) is 10.5 Å². The molecule has 0 atom stereocenters. The zero-order valence-electron chi connectivity index (χ0n) is 10.3. The molecular formula is C12H16F2N2O2. The predicted molar refractivity (Wildman–Crippen MR) is 66.1 cm³/mol. The van der Waals surface area contributed by atoms with E-state index in [1.54, 1.807) is 19.1 Å². The number of halogens is 2. The van der Waals surface area contributed by atoms with E-state index in [0.29, 0.717) is 0 Å². The number of esters is 1. The van der Waals surface area contributed by atoms with E-state index in [-0.39, 0.29) is 23.5 Å². The molecule has 0 bridgehead atoms. The zero-order chi connectivity index (χ0) is 13.7. The van der Waals surface area contributed by atoms with Crippen LogP contribution >= 0.6 is 0 Å². The lowest BCUT2D eigenvalue weighted by atomic mass is 10.1. The topological polar surface area (TPSA) is 55.6 Å². The number of rotatable bonds is 5. The minimum absolute atomic E-state index is 0.194. The van der Waals surface area contributed by atoms with Crippen LogP contribution in [0.2, 0.25) is 0 Å². The predicted octanol–water partition coefficient (Wildman–Crippen LogP) is 2.15. The SMILES string of the molecule is CCOC(=O)c1cccc(N)c1N(C)CC(F)F. The molecule has 0 fully saturated rings. The average Bonchev–Trinajstić information content (AvgIpc) is 2.27. The highest BCUT2D eigenvalue weighted by atomic mass is 19.3. The molecular weight excluding hydrogens is 242 g/mol. The minimum atomic E-state index is -2.51. The average molecular weight is 258 g/mol. The number of hydrogen-bond donors (Lipinski definition) is 1. The van der Waals surface area contributed by atoms with Crippen molar-refractivity contribution in [2.24, 2.45) is 0 Å². The van der Waals surface area contributed by atoms with Crippen LogP contribution in [0.4, 0.5) is 20.2 Å². The number of nitrogen functional groups attached to an aromatic ring is 1. The second-order valence-electron chi connectivity index (χ2n) is 3.74. The minimum Gasteiger partial charge on any atom is -0.462 e. The highest BCUT2D eigenvalue weighted by molar-refractivity contribution is 5.99. The van der Waals surface area contributed by atoms with Crippen molar-refractivity contribution >= 4 is 17.3 Å². The van der Waals surface area contributed by atoms with E-state index in [9.17, 15) is 13.6 Å². The van der Waals surface area contributed by atoms with E-state index in [0.717, 1.165) is 0 Å². The van der Waals surface area contributed by atoms with Crippen LogP contribution < -0.4 is 10.6 Å². The van der Waals surface area contributed by atoms with Gasteiger partial charge in [-0.15, -0.1) is 0 Å². The molecule has 1 aromatic carbocycles. The van der Waals surface area contributed by atoms with Gasteiger partial charge in [-0.2, -0.15) is 0 Å². The summed E-state index contributed by atoms with van der Waals surface area (Å²) in [5.41, 5.74) is 6.47. The fraction of sp³-hybridized carbons (Fsp3) is 0.417. The van der Waals surface area contributed by atoms with Crippen LogP contribution in [-0.4, -0.2) is 32.6 Å². The molecule has 0 aliphatic carbocycles. The van der Waals surface area contributed by atoms with E-state index in [1.165, 1.54) is 18.0 Å². The number of anilines is 2. The lowest BCUT2D eigenvalue weighted by Crippen LogP contribution is -2.27. The van der Waals surface area contributed by atoms with Crippen molar-refractivity contribution in [2.45, 2.75) is 13.3 Å². The van der Waals surface area contributed by atoms with Crippen LogP contribution in [0.15, 0.2) is 18.2 Å². The van der Waals surface area contributed by atoms with Crippen molar-refractivity contribution in [2.75, 3.05) is 30.8 Å². The standard InChI is InChI=1S/C12H16F2N2O2/c1-3-18-12(17)8-5-4-6-9(15)11(8)16(2)7-10(13)14/h4-6,10H,3,7,15H2,1-2H3. The molecule has 0 aliphatic rings. The van der Waals surface area contributed by atoms with Gasteiger partial charge < -0.3 is 15.4 Å². The summed E-state index contributed by atoms with van der Waals surface area (Å²) in [5, 5.41) is 0. The molecule has 0 saturated heterocycles. The van der Waals surface area contributed by atoms with Gasteiger partial charge in [0.05, 0.1) is 30.1 Å². The first kappa shape index (κ1) is 14.2. The van der Waals surface area contributed by atoms with Crippen LogP contribution in [0.3, 0.4) is 0 Å². The molecule has 4 nitrogen and oxygen atoms in total. The monoisotopic (exact) mass is 258 g/mol. The first-order valence-electron chi connectivity index (χ1n) is 5.52. The Balaban J connectivity index is 3.11. The summed E-state index contributed by atoms with van der Waals surface area (Å²) in [5.74, 6) is -0.569. The van der Waals surface area contributed by atoms with E-state index in [1.807, 2.05) is 0 Å². The first-order chi connectivity index (χ1) is 8.47. The van der Waals surface area contributed by atoms with Crippen molar-refractivity contribution in [3.05, 3.63) is 23.8 Å². The van der Waals surface area contributed by atoms with E-state index >= 15 is 0 Å². The lowest BCUT2D eigenvalue weighted by Gasteiger charge is -2.23. The maximum atomic E-state index is 12.4. The van der Waals surface area contributed by atoms with E-state index in [2.05, 4.69) is 0 Å². The number of ether oxygens (including phenoxy) is 1. The summed E-state index contributed by atoms with van der Waals surface area (Å²) in [4.78, 5) is 13.0. The number of para-hydroxylation sites is 1. The molecule has 1 rings (SSSR count). The quantitative estimate of drug-likeness (QED) is 0.649. The van der Waals surface area contributed by atoms with Crippen LogP contribution in [0.1, 0.15) is 17.3 Å². The number of carbonyl (C=O) groups is 1. The Bertz CT molecular complexity index is 425. The fourth-order valence-electron chi connectivity index (χ4n) is 1.66. The summed E-state index contributed by atoms with van der Waals surface area (Å²) in [6.07, 6.45) is -2.51. The number of benzene rings is 1. The molecule has 0 saturated carbocycles. The van der Waals surface area contributed by atoms with Crippen molar-refractivity contribution in [1.82, 2.24) is 0 Å². The molecule has 0 heterocycles. The molecule has 6 heteroatoms. The Kier molecular flexibility index (Phi) is 4.88. The summed E-state index contributed by atoms with van der Waals surface area (Å²) in [7, 11) is 1.46. The molecule has 0 amide bonds. The smallest absolute Gasteiger partial charge is 0.340 e. The van der Waals surface area contributed by atoms with Crippen molar-refractivity contribution in [3.8, 4) is 0 Å². The lowest BCUT2D eigenvalue weighted by molar-refractivity contribution is 0.0526. The third-order valence-electron chi connectivity index (χ3n) is 2.36. The summed E-state index contributed by atoms with van der Waals surface area (Å²) >= 11 is 0. The zero-order valence-corrected chi connectivity index (χ0v) is 10.3. The Hall–Kier alpha value is -1.85. The van der Waals surface area contributed by atoms with Gasteiger partial charge >= 0.3 is 5.97 Å².